The van der Waals surface area contributed by atoms with Gasteiger partial charge in [-0.1, -0.05) is 60.4 Å². The highest BCUT2D eigenvalue weighted by Gasteiger charge is 2.32. The number of carbonyl (C=O) groups is 1. The molecule has 2 aliphatic rings. The van der Waals surface area contributed by atoms with Crippen LogP contribution in [0.5, 0.6) is 0 Å². The minimum absolute atomic E-state index is 0.149. The molecule has 2 fully saturated rings. The number of likely N-dealkylation sites (N-methyl/N-ethyl adjacent to an activating group) is 1. The second kappa shape index (κ2) is 9.95. The van der Waals surface area contributed by atoms with E-state index in [1.165, 1.54) is 17.3 Å². The molecule has 0 radical (unpaired) electrons. The summed E-state index contributed by atoms with van der Waals surface area (Å²) in [7, 11) is 0. The molecule has 180 valence electrons. The number of piperidine rings is 1. The van der Waals surface area contributed by atoms with Crippen molar-refractivity contribution in [1.82, 2.24) is 14.3 Å². The van der Waals surface area contributed by atoms with Gasteiger partial charge in [0.25, 0.3) is 11.5 Å². The van der Waals surface area contributed by atoms with Crippen LogP contribution in [0.2, 0.25) is 0 Å². The van der Waals surface area contributed by atoms with E-state index in [4.69, 9.17) is 17.2 Å². The maximum atomic E-state index is 13.7. The fraction of sp³-hybridized carbons (Fsp3) is 0.333. The molecule has 1 aromatic carbocycles. The van der Waals surface area contributed by atoms with Gasteiger partial charge in [-0.3, -0.25) is 18.9 Å². The number of aromatic nitrogens is 2. The number of thiocarbonyl (C=S) groups is 1. The molecule has 2 aliphatic heterocycles. The minimum Gasteiger partial charge on any atom is -0.356 e. The van der Waals surface area contributed by atoms with Crippen LogP contribution in [0.15, 0.2) is 58.4 Å². The minimum atomic E-state index is -0.165. The Morgan fingerprint density at radius 2 is 1.86 bits per heavy atom. The van der Waals surface area contributed by atoms with Gasteiger partial charge in [0, 0.05) is 25.8 Å². The molecule has 6 nitrogen and oxygen atoms in total. The molecule has 2 saturated heterocycles. The number of hydrogen-bond donors (Lipinski definition) is 0. The molecule has 0 spiro atoms. The topological polar surface area (TPSA) is 57.9 Å². The predicted octanol–water partition coefficient (Wildman–Crippen LogP) is 4.68. The van der Waals surface area contributed by atoms with Gasteiger partial charge in [0.2, 0.25) is 0 Å². The largest absolute Gasteiger partial charge is 0.356 e. The van der Waals surface area contributed by atoms with Crippen molar-refractivity contribution in [3.05, 3.63) is 80.6 Å². The molecule has 1 amide bonds. The predicted molar refractivity (Wildman–Crippen MR) is 147 cm³/mol. The molecule has 0 N–H and O–H groups in total. The van der Waals surface area contributed by atoms with Gasteiger partial charge in [0.15, 0.2) is 0 Å². The number of fused-ring (bicyclic) bond motifs is 1. The summed E-state index contributed by atoms with van der Waals surface area (Å²) in [6.45, 7) is 6.00. The van der Waals surface area contributed by atoms with Gasteiger partial charge in [0.1, 0.15) is 15.8 Å². The van der Waals surface area contributed by atoms with Crippen molar-refractivity contribution in [2.24, 2.45) is 5.92 Å². The third kappa shape index (κ3) is 4.77. The highest BCUT2D eigenvalue weighted by Crippen LogP contribution is 2.34. The number of benzene rings is 1. The normalized spacial score (nSPS) is 18.3. The molecule has 0 aliphatic carbocycles. The number of hydrogen-bond acceptors (Lipinski definition) is 6. The third-order valence-corrected chi connectivity index (χ3v) is 8.11. The van der Waals surface area contributed by atoms with Crippen molar-refractivity contribution in [2.45, 2.75) is 33.1 Å². The fourth-order valence-corrected chi connectivity index (χ4v) is 6.18. The van der Waals surface area contributed by atoms with Crippen LogP contribution in [0.25, 0.3) is 11.7 Å². The highest BCUT2D eigenvalue weighted by atomic mass is 32.2. The summed E-state index contributed by atoms with van der Waals surface area (Å²) in [6.07, 6.45) is 6.62. The zero-order valence-corrected chi connectivity index (χ0v) is 21.6. The standard InChI is InChI=1S/C27H28N4O2S2/c1-3-30-26(33)22(35-27(30)34)16-21-24(28-23-10-9-18(2)17-31(23)25(21)32)29-13-11-20(12-14-29)15-19-7-5-4-6-8-19/h4-10,16-17,20H,3,11-15H2,1-2H3. The zero-order chi connectivity index (χ0) is 24.5. The second-order valence-corrected chi connectivity index (χ2v) is 10.8. The van der Waals surface area contributed by atoms with E-state index in [1.807, 2.05) is 32.0 Å². The van der Waals surface area contributed by atoms with E-state index < -0.39 is 0 Å². The van der Waals surface area contributed by atoms with Crippen LogP contribution in [0.3, 0.4) is 0 Å². The summed E-state index contributed by atoms with van der Waals surface area (Å²) < 4.78 is 2.10. The van der Waals surface area contributed by atoms with E-state index in [1.54, 1.807) is 21.6 Å². The monoisotopic (exact) mass is 504 g/mol. The highest BCUT2D eigenvalue weighted by molar-refractivity contribution is 8.26. The van der Waals surface area contributed by atoms with Crippen molar-refractivity contribution in [2.75, 3.05) is 24.5 Å². The Labute approximate surface area is 214 Å². The molecular formula is C27H28N4O2S2. The lowest BCUT2D eigenvalue weighted by Gasteiger charge is -2.33. The molecule has 2 aromatic heterocycles. The lowest BCUT2D eigenvalue weighted by atomic mass is 9.90. The first kappa shape index (κ1) is 23.8. The smallest absolute Gasteiger partial charge is 0.267 e. The quantitative estimate of drug-likeness (QED) is 0.371. The van der Waals surface area contributed by atoms with Gasteiger partial charge < -0.3 is 4.90 Å². The number of rotatable bonds is 5. The summed E-state index contributed by atoms with van der Waals surface area (Å²) in [5.74, 6) is 1.10. The number of thioether (sulfide) groups is 1. The van der Waals surface area contributed by atoms with Crippen LogP contribution in [0.1, 0.15) is 36.5 Å². The Kier molecular flexibility index (Phi) is 6.75. The van der Waals surface area contributed by atoms with Crippen LogP contribution in [-0.4, -0.2) is 44.1 Å². The SMILES string of the molecule is CCN1C(=O)C(=Cc2c(N3CCC(Cc4ccccc4)CC3)nc3ccc(C)cn3c2=O)SC1=S. The fourth-order valence-electron chi connectivity index (χ4n) is 4.81. The molecule has 5 rings (SSSR count). The zero-order valence-electron chi connectivity index (χ0n) is 19.9. The first-order valence-corrected chi connectivity index (χ1v) is 13.2. The third-order valence-electron chi connectivity index (χ3n) is 6.73. The Morgan fingerprint density at radius 1 is 1.11 bits per heavy atom. The molecule has 4 heterocycles. The number of anilines is 1. The Morgan fingerprint density at radius 3 is 2.54 bits per heavy atom. The molecule has 35 heavy (non-hydrogen) atoms. The van der Waals surface area contributed by atoms with E-state index >= 15 is 0 Å². The Bertz CT molecular complexity index is 1380. The van der Waals surface area contributed by atoms with Crippen molar-refractivity contribution >= 4 is 51.7 Å². The number of carbonyl (C=O) groups excluding carboxylic acids is 1. The van der Waals surface area contributed by atoms with E-state index in [2.05, 4.69) is 29.2 Å². The molecule has 8 heteroatoms. The Hall–Kier alpha value is -2.97. The molecule has 3 aromatic rings. The number of amides is 1. The van der Waals surface area contributed by atoms with Crippen molar-refractivity contribution in [3.63, 3.8) is 0 Å². The lowest BCUT2D eigenvalue weighted by Crippen LogP contribution is -2.37. The van der Waals surface area contributed by atoms with E-state index in [0.29, 0.717) is 38.7 Å². The van der Waals surface area contributed by atoms with Gasteiger partial charge in [-0.2, -0.15) is 0 Å². The average Bonchev–Trinajstić information content (AvgIpc) is 3.14. The van der Waals surface area contributed by atoms with Gasteiger partial charge >= 0.3 is 0 Å². The van der Waals surface area contributed by atoms with Gasteiger partial charge in [-0.05, 0) is 62.3 Å². The van der Waals surface area contributed by atoms with E-state index in [-0.39, 0.29) is 11.5 Å². The summed E-state index contributed by atoms with van der Waals surface area (Å²) in [4.78, 5) is 35.7. The number of nitrogens with zero attached hydrogens (tertiary/aromatic N) is 4. The summed E-state index contributed by atoms with van der Waals surface area (Å²) in [5, 5.41) is 0. The van der Waals surface area contributed by atoms with Crippen LogP contribution in [0.4, 0.5) is 5.82 Å². The van der Waals surface area contributed by atoms with Crippen molar-refractivity contribution in [3.8, 4) is 0 Å². The van der Waals surface area contributed by atoms with Crippen molar-refractivity contribution in [1.29, 1.82) is 0 Å². The maximum absolute atomic E-state index is 13.7. The van der Waals surface area contributed by atoms with Gasteiger partial charge in [-0.15, -0.1) is 0 Å². The van der Waals surface area contributed by atoms with Crippen LogP contribution in [0, 0.1) is 12.8 Å². The second-order valence-electron chi connectivity index (χ2n) is 9.14. The first-order valence-electron chi connectivity index (χ1n) is 12.0. The summed E-state index contributed by atoms with van der Waals surface area (Å²) in [5.41, 5.74) is 3.23. The molecule has 0 bridgehead atoms. The van der Waals surface area contributed by atoms with E-state index in [9.17, 15) is 9.59 Å². The average molecular weight is 505 g/mol. The van der Waals surface area contributed by atoms with Crippen LogP contribution < -0.4 is 10.5 Å². The maximum Gasteiger partial charge on any atom is 0.267 e. The number of aryl methyl sites for hydroxylation is 1. The lowest BCUT2D eigenvalue weighted by molar-refractivity contribution is -0.121. The molecule has 0 atom stereocenters. The van der Waals surface area contributed by atoms with E-state index in [0.717, 1.165) is 37.9 Å². The molecule has 0 saturated carbocycles. The first-order chi connectivity index (χ1) is 16.9. The Balaban J connectivity index is 1.50. The summed E-state index contributed by atoms with van der Waals surface area (Å²) in [6, 6.07) is 14.4. The van der Waals surface area contributed by atoms with Crippen LogP contribution in [-0.2, 0) is 11.2 Å². The molecule has 0 unspecified atom stereocenters. The molecular weight excluding hydrogens is 476 g/mol. The van der Waals surface area contributed by atoms with Gasteiger partial charge in [-0.25, -0.2) is 4.98 Å². The summed E-state index contributed by atoms with van der Waals surface area (Å²) >= 11 is 6.63. The van der Waals surface area contributed by atoms with Crippen molar-refractivity contribution < 1.29 is 4.79 Å². The van der Waals surface area contributed by atoms with Gasteiger partial charge in [0.05, 0.1) is 10.5 Å². The number of pyridine rings is 1. The van der Waals surface area contributed by atoms with Crippen LogP contribution >= 0.6 is 24.0 Å².